The fourth-order valence-electron chi connectivity index (χ4n) is 2.56. The molecule has 0 fully saturated rings. The van der Waals surface area contributed by atoms with E-state index in [4.69, 9.17) is 21.1 Å². The highest BCUT2D eigenvalue weighted by molar-refractivity contribution is 6.30. The zero-order valence-corrected chi connectivity index (χ0v) is 14.5. The van der Waals surface area contributed by atoms with Gasteiger partial charge >= 0.3 is 6.03 Å². The van der Waals surface area contributed by atoms with Crippen LogP contribution in [0, 0.1) is 0 Å². The van der Waals surface area contributed by atoms with Crippen molar-refractivity contribution in [2.75, 3.05) is 23.8 Å². The van der Waals surface area contributed by atoms with E-state index in [2.05, 4.69) is 10.6 Å². The van der Waals surface area contributed by atoms with Gasteiger partial charge in [-0.15, -0.1) is 0 Å². The van der Waals surface area contributed by atoms with Crippen molar-refractivity contribution in [1.29, 1.82) is 0 Å². The smallest absolute Gasteiger partial charge is 0.323 e. The SMILES string of the molecule is CC[C@H](O)c1cc2c(cc1NC(=O)Nc1cccc(Cl)c1)OCCO2. The lowest BCUT2D eigenvalue weighted by Gasteiger charge is -2.23. The summed E-state index contributed by atoms with van der Waals surface area (Å²) in [6, 6.07) is 9.78. The van der Waals surface area contributed by atoms with Gasteiger partial charge in [-0.05, 0) is 30.7 Å². The molecule has 1 aliphatic rings. The Bertz CT molecular complexity index is 782. The molecule has 3 N–H and O–H groups in total. The van der Waals surface area contributed by atoms with Crippen LogP contribution in [0.1, 0.15) is 25.0 Å². The average Bonchev–Trinajstić information content (AvgIpc) is 2.60. The maximum Gasteiger partial charge on any atom is 0.323 e. The number of hydrogen-bond donors (Lipinski definition) is 3. The maximum absolute atomic E-state index is 12.3. The van der Waals surface area contributed by atoms with Crippen molar-refractivity contribution in [2.24, 2.45) is 0 Å². The highest BCUT2D eigenvalue weighted by Crippen LogP contribution is 2.38. The average molecular weight is 363 g/mol. The Hall–Kier alpha value is -2.44. The molecule has 7 heteroatoms. The van der Waals surface area contributed by atoms with Crippen molar-refractivity contribution in [2.45, 2.75) is 19.4 Å². The Morgan fingerprint density at radius 1 is 1.20 bits per heavy atom. The van der Waals surface area contributed by atoms with E-state index in [0.29, 0.717) is 53.1 Å². The molecule has 0 saturated heterocycles. The molecule has 6 nitrogen and oxygen atoms in total. The predicted octanol–water partition coefficient (Wildman–Crippen LogP) is 4.20. The molecule has 1 atom stereocenters. The first-order chi connectivity index (χ1) is 12.1. The summed E-state index contributed by atoms with van der Waals surface area (Å²) in [5.74, 6) is 1.10. The van der Waals surface area contributed by atoms with Crippen LogP contribution >= 0.6 is 11.6 Å². The van der Waals surface area contributed by atoms with Crippen LogP contribution in [0.2, 0.25) is 5.02 Å². The molecule has 0 aromatic heterocycles. The quantitative estimate of drug-likeness (QED) is 0.761. The molecule has 25 heavy (non-hydrogen) atoms. The molecular weight excluding hydrogens is 344 g/mol. The Balaban J connectivity index is 1.83. The van der Waals surface area contributed by atoms with Gasteiger partial charge in [-0.1, -0.05) is 24.6 Å². The number of nitrogens with one attached hydrogen (secondary N) is 2. The summed E-state index contributed by atoms with van der Waals surface area (Å²) in [4.78, 5) is 12.3. The van der Waals surface area contributed by atoms with Crippen molar-refractivity contribution < 1.29 is 19.4 Å². The number of carbonyl (C=O) groups excluding carboxylic acids is 1. The van der Waals surface area contributed by atoms with Crippen LogP contribution in [-0.2, 0) is 0 Å². The lowest BCUT2D eigenvalue weighted by Crippen LogP contribution is -2.22. The molecule has 0 unspecified atom stereocenters. The van der Waals surface area contributed by atoms with Gasteiger partial charge in [0.2, 0.25) is 0 Å². The molecule has 0 spiro atoms. The fraction of sp³-hybridized carbons (Fsp3) is 0.278. The Morgan fingerprint density at radius 2 is 1.92 bits per heavy atom. The number of hydrogen-bond acceptors (Lipinski definition) is 4. The first kappa shape index (κ1) is 17.4. The van der Waals surface area contributed by atoms with Gasteiger partial charge in [0.1, 0.15) is 13.2 Å². The van der Waals surface area contributed by atoms with E-state index >= 15 is 0 Å². The number of anilines is 2. The largest absolute Gasteiger partial charge is 0.486 e. The number of carbonyl (C=O) groups is 1. The van der Waals surface area contributed by atoms with E-state index in [-0.39, 0.29) is 0 Å². The van der Waals surface area contributed by atoms with E-state index in [9.17, 15) is 9.90 Å². The van der Waals surface area contributed by atoms with E-state index < -0.39 is 12.1 Å². The van der Waals surface area contributed by atoms with E-state index in [1.54, 1.807) is 36.4 Å². The molecule has 0 aliphatic carbocycles. The van der Waals surface area contributed by atoms with Crippen LogP contribution in [0.3, 0.4) is 0 Å². The minimum Gasteiger partial charge on any atom is -0.486 e. The van der Waals surface area contributed by atoms with Crippen molar-refractivity contribution in [1.82, 2.24) is 0 Å². The van der Waals surface area contributed by atoms with Gasteiger partial charge in [0, 0.05) is 22.3 Å². The molecule has 0 bridgehead atoms. The second-order valence-electron chi connectivity index (χ2n) is 5.60. The monoisotopic (exact) mass is 362 g/mol. The maximum atomic E-state index is 12.3. The summed E-state index contributed by atoms with van der Waals surface area (Å²) < 4.78 is 11.1. The zero-order valence-electron chi connectivity index (χ0n) is 13.7. The highest BCUT2D eigenvalue weighted by atomic mass is 35.5. The van der Waals surface area contributed by atoms with Crippen LogP contribution in [0.4, 0.5) is 16.2 Å². The third kappa shape index (κ3) is 4.15. The van der Waals surface area contributed by atoms with Gasteiger partial charge in [0.25, 0.3) is 0 Å². The number of fused-ring (bicyclic) bond motifs is 1. The molecule has 1 aliphatic heterocycles. The highest BCUT2D eigenvalue weighted by Gasteiger charge is 2.20. The topological polar surface area (TPSA) is 79.8 Å². The Morgan fingerprint density at radius 3 is 2.60 bits per heavy atom. The number of aliphatic hydroxyl groups is 1. The fourth-order valence-corrected chi connectivity index (χ4v) is 2.75. The summed E-state index contributed by atoms with van der Waals surface area (Å²) >= 11 is 5.92. The van der Waals surface area contributed by atoms with Gasteiger partial charge in [0.15, 0.2) is 11.5 Å². The number of ether oxygens (including phenoxy) is 2. The molecular formula is C18H19ClN2O4. The van der Waals surface area contributed by atoms with E-state index in [1.165, 1.54) is 0 Å². The van der Waals surface area contributed by atoms with Gasteiger partial charge in [-0.25, -0.2) is 4.79 Å². The van der Waals surface area contributed by atoms with Gasteiger partial charge in [0.05, 0.1) is 11.8 Å². The van der Waals surface area contributed by atoms with E-state index in [0.717, 1.165) is 0 Å². The third-order valence-corrected chi connectivity index (χ3v) is 4.03. The summed E-state index contributed by atoms with van der Waals surface area (Å²) in [6.07, 6.45) is -0.221. The van der Waals surface area contributed by atoms with Crippen LogP contribution in [-0.4, -0.2) is 24.4 Å². The molecule has 0 radical (unpaired) electrons. The second kappa shape index (κ2) is 7.63. The van der Waals surface area contributed by atoms with Crippen molar-refractivity contribution in [3.63, 3.8) is 0 Å². The lowest BCUT2D eigenvalue weighted by molar-refractivity contribution is 0.163. The molecule has 0 saturated carbocycles. The summed E-state index contributed by atoms with van der Waals surface area (Å²) in [6.45, 7) is 2.75. The molecule has 2 amide bonds. The zero-order chi connectivity index (χ0) is 17.8. The number of halogens is 1. The second-order valence-corrected chi connectivity index (χ2v) is 6.03. The van der Waals surface area contributed by atoms with Crippen molar-refractivity contribution >= 4 is 29.0 Å². The number of urea groups is 1. The first-order valence-electron chi connectivity index (χ1n) is 8.02. The normalized spacial score (nSPS) is 13.9. The summed E-state index contributed by atoms with van der Waals surface area (Å²) in [5.41, 5.74) is 1.62. The lowest BCUT2D eigenvalue weighted by atomic mass is 10.0. The van der Waals surface area contributed by atoms with Crippen LogP contribution in [0.25, 0.3) is 0 Å². The first-order valence-corrected chi connectivity index (χ1v) is 8.39. The Labute approximate surface area is 150 Å². The Kier molecular flexibility index (Phi) is 5.31. The minimum absolute atomic E-state index is 0.441. The standard InChI is InChI=1S/C18H19ClN2O4/c1-2-15(22)13-9-16-17(25-7-6-24-16)10-14(13)21-18(23)20-12-5-3-4-11(19)8-12/h3-5,8-10,15,22H,2,6-7H2,1H3,(H2,20,21,23)/t15-/m0/s1. The molecule has 3 rings (SSSR count). The van der Waals surface area contributed by atoms with Crippen LogP contribution in [0.5, 0.6) is 11.5 Å². The summed E-state index contributed by atoms with van der Waals surface area (Å²) in [5, 5.41) is 16.3. The van der Waals surface area contributed by atoms with Gasteiger partial charge in [-0.3, -0.25) is 0 Å². The number of benzene rings is 2. The number of aliphatic hydroxyl groups excluding tert-OH is 1. The molecule has 1 heterocycles. The number of amides is 2. The van der Waals surface area contributed by atoms with Crippen molar-refractivity contribution in [3.8, 4) is 11.5 Å². The van der Waals surface area contributed by atoms with Crippen LogP contribution < -0.4 is 20.1 Å². The predicted molar refractivity (Wildman–Crippen MR) is 96.8 cm³/mol. The number of rotatable bonds is 4. The van der Waals surface area contributed by atoms with Gasteiger partial charge < -0.3 is 25.2 Å². The van der Waals surface area contributed by atoms with Crippen LogP contribution in [0.15, 0.2) is 36.4 Å². The third-order valence-electron chi connectivity index (χ3n) is 3.79. The minimum atomic E-state index is -0.725. The van der Waals surface area contributed by atoms with Crippen molar-refractivity contribution in [3.05, 3.63) is 47.0 Å². The molecule has 2 aromatic rings. The van der Waals surface area contributed by atoms with Gasteiger partial charge in [-0.2, -0.15) is 0 Å². The summed E-state index contributed by atoms with van der Waals surface area (Å²) in [7, 11) is 0. The molecule has 2 aromatic carbocycles. The molecule has 132 valence electrons. The van der Waals surface area contributed by atoms with E-state index in [1.807, 2.05) is 6.92 Å².